The first kappa shape index (κ1) is 15.8. The van der Waals surface area contributed by atoms with Crippen LogP contribution in [-0.4, -0.2) is 22.6 Å². The molecule has 5 nitrogen and oxygen atoms in total. The number of carbonyl (C=O) groups excluding carboxylic acids is 3. The van der Waals surface area contributed by atoms with Crippen LogP contribution >= 0.6 is 0 Å². The summed E-state index contributed by atoms with van der Waals surface area (Å²) in [5, 5.41) is 13.1. The van der Waals surface area contributed by atoms with Gasteiger partial charge < -0.3 is 10.4 Å². The molecule has 126 valence electrons. The van der Waals surface area contributed by atoms with Crippen LogP contribution in [0.1, 0.15) is 42.2 Å². The van der Waals surface area contributed by atoms with Gasteiger partial charge in [-0.3, -0.25) is 14.4 Å². The van der Waals surface area contributed by atoms with Gasteiger partial charge in [-0.15, -0.1) is 0 Å². The number of nitrogens with one attached hydrogen (secondary N) is 1. The van der Waals surface area contributed by atoms with Crippen LogP contribution in [0.3, 0.4) is 0 Å². The number of benzene rings is 3. The van der Waals surface area contributed by atoms with E-state index >= 15 is 0 Å². The molecule has 3 aromatic rings. The van der Waals surface area contributed by atoms with Crippen LogP contribution in [-0.2, 0) is 0 Å². The second-order valence-corrected chi connectivity index (χ2v) is 5.91. The van der Waals surface area contributed by atoms with E-state index in [4.69, 9.17) is 0 Å². The van der Waals surface area contributed by atoms with Crippen molar-refractivity contribution < 1.29 is 19.5 Å². The molecule has 0 radical (unpaired) electrons. The van der Waals surface area contributed by atoms with Crippen molar-refractivity contribution in [2.45, 2.75) is 0 Å². The molecule has 2 N–H and O–H groups in total. The van der Waals surface area contributed by atoms with Crippen LogP contribution in [0.4, 0.5) is 5.69 Å². The number of hydrogen-bond acceptors (Lipinski definition) is 4. The Balaban J connectivity index is 1.77. The average molecular weight is 343 g/mol. The molecule has 4 rings (SSSR count). The van der Waals surface area contributed by atoms with E-state index in [1.807, 2.05) is 0 Å². The van der Waals surface area contributed by atoms with Crippen LogP contribution < -0.4 is 5.32 Å². The molecule has 0 atom stereocenters. The average Bonchev–Trinajstić information content (AvgIpc) is 2.68. The van der Waals surface area contributed by atoms with Gasteiger partial charge in [-0.1, -0.05) is 42.5 Å². The lowest BCUT2D eigenvalue weighted by Crippen LogP contribution is -2.22. The fourth-order valence-electron chi connectivity index (χ4n) is 3.05. The molecule has 0 aliphatic heterocycles. The number of anilines is 1. The number of hydrogen-bond donors (Lipinski definition) is 2. The fourth-order valence-corrected chi connectivity index (χ4v) is 3.05. The molecular weight excluding hydrogens is 330 g/mol. The Morgan fingerprint density at radius 1 is 0.731 bits per heavy atom. The first-order valence-electron chi connectivity index (χ1n) is 7.98. The Bertz CT molecular complexity index is 1070. The predicted molar refractivity (Wildman–Crippen MR) is 95.8 cm³/mol. The van der Waals surface area contributed by atoms with Gasteiger partial charge in [0.1, 0.15) is 0 Å². The summed E-state index contributed by atoms with van der Waals surface area (Å²) in [5.41, 5.74) is 1.09. The van der Waals surface area contributed by atoms with E-state index in [0.29, 0.717) is 11.1 Å². The highest BCUT2D eigenvalue weighted by Gasteiger charge is 2.32. The fraction of sp³-hybridized carbons (Fsp3) is 0. The van der Waals surface area contributed by atoms with Crippen LogP contribution in [0.2, 0.25) is 0 Å². The number of phenolic OH excluding ortho intramolecular Hbond substituents is 1. The molecule has 3 aromatic carbocycles. The number of rotatable bonds is 2. The zero-order valence-corrected chi connectivity index (χ0v) is 13.5. The highest BCUT2D eigenvalue weighted by Crippen LogP contribution is 2.37. The molecule has 0 saturated heterocycles. The van der Waals surface area contributed by atoms with Gasteiger partial charge in [-0.05, 0) is 24.3 Å². The summed E-state index contributed by atoms with van der Waals surface area (Å²) in [6.45, 7) is 0. The zero-order chi connectivity index (χ0) is 18.3. The minimum Gasteiger partial charge on any atom is -0.505 e. The Kier molecular flexibility index (Phi) is 3.62. The number of ketones is 2. The van der Waals surface area contributed by atoms with Crippen LogP contribution in [0.25, 0.3) is 0 Å². The van der Waals surface area contributed by atoms with E-state index in [1.165, 1.54) is 12.1 Å². The maximum absolute atomic E-state index is 12.8. The molecule has 0 fully saturated rings. The predicted octanol–water partition coefficient (Wildman–Crippen LogP) is 3.42. The number of aromatic hydroxyl groups is 1. The van der Waals surface area contributed by atoms with Gasteiger partial charge in [0.2, 0.25) is 0 Å². The third kappa shape index (κ3) is 2.38. The van der Waals surface area contributed by atoms with Gasteiger partial charge in [-0.2, -0.15) is 0 Å². The largest absolute Gasteiger partial charge is 0.505 e. The van der Waals surface area contributed by atoms with Crippen LogP contribution in [0.15, 0.2) is 66.7 Å². The topological polar surface area (TPSA) is 83.5 Å². The van der Waals surface area contributed by atoms with Crippen molar-refractivity contribution in [1.29, 1.82) is 0 Å². The van der Waals surface area contributed by atoms with Gasteiger partial charge in [0.25, 0.3) is 5.91 Å². The van der Waals surface area contributed by atoms with Crippen molar-refractivity contribution in [3.8, 4) is 5.75 Å². The van der Waals surface area contributed by atoms with Gasteiger partial charge in [-0.25, -0.2) is 0 Å². The monoisotopic (exact) mass is 343 g/mol. The van der Waals surface area contributed by atoms with Gasteiger partial charge in [0, 0.05) is 22.3 Å². The second kappa shape index (κ2) is 5.97. The van der Waals surface area contributed by atoms with Crippen molar-refractivity contribution in [2.24, 2.45) is 0 Å². The summed E-state index contributed by atoms with van der Waals surface area (Å²) in [6, 6.07) is 17.9. The minimum absolute atomic E-state index is 0.0816. The minimum atomic E-state index is -0.441. The molecule has 0 unspecified atom stereocenters. The lowest BCUT2D eigenvalue weighted by atomic mass is 9.83. The standard InChI is InChI=1S/C21H13NO4/c23-18-13-8-4-5-9-14(13)19(24)17-15(18)10-11-16(20(17)25)22-21(26)12-6-2-1-3-7-12/h1-11,25H,(H,22,26). The third-order valence-electron chi connectivity index (χ3n) is 4.35. The molecule has 5 heteroatoms. The summed E-state index contributed by atoms with van der Waals surface area (Å²) in [6.07, 6.45) is 0. The van der Waals surface area contributed by atoms with E-state index in [9.17, 15) is 19.5 Å². The van der Waals surface area contributed by atoms with Crippen molar-refractivity contribution in [2.75, 3.05) is 5.32 Å². The van der Waals surface area contributed by atoms with Gasteiger partial charge in [0.05, 0.1) is 11.3 Å². The highest BCUT2D eigenvalue weighted by molar-refractivity contribution is 6.30. The van der Waals surface area contributed by atoms with Crippen molar-refractivity contribution >= 4 is 23.2 Å². The summed E-state index contributed by atoms with van der Waals surface area (Å²) in [5.74, 6) is -1.59. The normalized spacial score (nSPS) is 12.3. The molecule has 0 aromatic heterocycles. The molecule has 0 heterocycles. The number of amides is 1. The van der Waals surface area contributed by atoms with Crippen molar-refractivity contribution in [3.63, 3.8) is 0 Å². The van der Waals surface area contributed by atoms with Gasteiger partial charge >= 0.3 is 0 Å². The Morgan fingerprint density at radius 2 is 1.35 bits per heavy atom. The van der Waals surface area contributed by atoms with Gasteiger partial charge in [0.15, 0.2) is 17.3 Å². The van der Waals surface area contributed by atoms with E-state index < -0.39 is 17.4 Å². The van der Waals surface area contributed by atoms with Crippen molar-refractivity contribution in [1.82, 2.24) is 0 Å². The lowest BCUT2D eigenvalue weighted by molar-refractivity contribution is 0.0976. The quantitative estimate of drug-likeness (QED) is 0.546. The molecule has 1 amide bonds. The van der Waals surface area contributed by atoms with E-state index in [-0.39, 0.29) is 28.2 Å². The number of fused-ring (bicyclic) bond motifs is 2. The first-order chi connectivity index (χ1) is 12.6. The van der Waals surface area contributed by atoms with Crippen LogP contribution in [0.5, 0.6) is 5.75 Å². The third-order valence-corrected chi connectivity index (χ3v) is 4.35. The molecule has 0 bridgehead atoms. The van der Waals surface area contributed by atoms with E-state index in [1.54, 1.807) is 54.6 Å². The first-order valence-corrected chi connectivity index (χ1v) is 7.98. The van der Waals surface area contributed by atoms with E-state index in [0.717, 1.165) is 0 Å². The Labute approximate surface area is 148 Å². The zero-order valence-electron chi connectivity index (χ0n) is 13.5. The summed E-state index contributed by atoms with van der Waals surface area (Å²) in [7, 11) is 0. The maximum atomic E-state index is 12.8. The van der Waals surface area contributed by atoms with E-state index in [2.05, 4.69) is 5.32 Å². The molecule has 0 spiro atoms. The molecule has 0 saturated carbocycles. The van der Waals surface area contributed by atoms with Crippen molar-refractivity contribution in [3.05, 3.63) is 94.5 Å². The Morgan fingerprint density at radius 3 is 2.04 bits per heavy atom. The number of phenols is 1. The SMILES string of the molecule is O=C(Nc1ccc2c(c1O)C(=O)c1ccccc1C2=O)c1ccccc1. The molecule has 1 aliphatic rings. The lowest BCUT2D eigenvalue weighted by Gasteiger charge is -2.20. The number of carbonyl (C=O) groups is 3. The summed E-state index contributed by atoms with van der Waals surface area (Å²) in [4.78, 5) is 37.7. The smallest absolute Gasteiger partial charge is 0.255 e. The van der Waals surface area contributed by atoms with Crippen LogP contribution in [0, 0.1) is 0 Å². The maximum Gasteiger partial charge on any atom is 0.255 e. The molecular formula is C21H13NO4. The Hall–Kier alpha value is -3.73. The summed E-state index contributed by atoms with van der Waals surface area (Å²) < 4.78 is 0. The second-order valence-electron chi connectivity index (χ2n) is 5.91. The summed E-state index contributed by atoms with van der Waals surface area (Å²) >= 11 is 0. The molecule has 1 aliphatic carbocycles. The molecule has 26 heavy (non-hydrogen) atoms. The highest BCUT2D eigenvalue weighted by atomic mass is 16.3.